The molecule has 2 fully saturated rings. The van der Waals surface area contributed by atoms with Crippen molar-refractivity contribution in [2.24, 2.45) is 17.1 Å². The molecule has 1 aliphatic heterocycles. The van der Waals surface area contributed by atoms with Crippen LogP contribution in [0.15, 0.2) is 18.2 Å². The number of halogens is 2. The van der Waals surface area contributed by atoms with Crippen LogP contribution in [0.4, 0.5) is 8.78 Å². The molecule has 2 aliphatic rings. The van der Waals surface area contributed by atoms with Gasteiger partial charge in [0.15, 0.2) is 0 Å². The minimum Gasteiger partial charge on any atom is -0.381 e. The Balaban J connectivity index is 1.60. The van der Waals surface area contributed by atoms with E-state index in [9.17, 15) is 18.4 Å². The van der Waals surface area contributed by atoms with E-state index in [1.54, 1.807) is 0 Å². The highest BCUT2D eigenvalue weighted by Crippen LogP contribution is 2.48. The van der Waals surface area contributed by atoms with Crippen LogP contribution in [0, 0.1) is 23.0 Å². The van der Waals surface area contributed by atoms with Crippen molar-refractivity contribution in [3.8, 4) is 0 Å². The summed E-state index contributed by atoms with van der Waals surface area (Å²) >= 11 is 0. The molecule has 7 heteroatoms. The smallest absolute Gasteiger partial charge is 0.225 e. The average Bonchev–Trinajstić information content (AvgIpc) is 3.36. The van der Waals surface area contributed by atoms with Gasteiger partial charge in [-0.05, 0) is 48.9 Å². The number of nitrogens with one attached hydrogen (secondary N) is 1. The van der Waals surface area contributed by atoms with Crippen LogP contribution in [-0.2, 0) is 14.3 Å². The number of nitrogens with two attached hydrogens (primary N) is 1. The van der Waals surface area contributed by atoms with Crippen LogP contribution in [0.2, 0.25) is 0 Å². The van der Waals surface area contributed by atoms with Gasteiger partial charge < -0.3 is 15.8 Å². The van der Waals surface area contributed by atoms with Gasteiger partial charge in [-0.3, -0.25) is 9.59 Å². The fraction of sp³-hybridized carbons (Fsp3) is 0.529. The molecule has 24 heavy (non-hydrogen) atoms. The standard InChI is InChI=1S/C17H20F2N2O3/c18-10-1-2-14(19)12(7-10)11-8-13(11)15(22)21-9-17(16(20)23)3-5-24-6-4-17/h1-2,7,11,13H,3-6,8-9H2,(H2,20,23)(H,21,22)/t11-,13-/m0/s1. The van der Waals surface area contributed by atoms with Crippen molar-refractivity contribution in [3.63, 3.8) is 0 Å². The Morgan fingerprint density at radius 2 is 2.00 bits per heavy atom. The van der Waals surface area contributed by atoms with E-state index in [1.807, 2.05) is 0 Å². The Hall–Kier alpha value is -2.02. The van der Waals surface area contributed by atoms with Gasteiger partial charge in [0, 0.05) is 25.7 Å². The number of amides is 2. The highest BCUT2D eigenvalue weighted by molar-refractivity contribution is 5.85. The largest absolute Gasteiger partial charge is 0.381 e. The molecule has 1 aromatic rings. The Morgan fingerprint density at radius 1 is 1.29 bits per heavy atom. The van der Waals surface area contributed by atoms with Crippen LogP contribution in [0.3, 0.4) is 0 Å². The van der Waals surface area contributed by atoms with Crippen molar-refractivity contribution in [1.29, 1.82) is 0 Å². The lowest BCUT2D eigenvalue weighted by Gasteiger charge is -2.34. The molecule has 2 atom stereocenters. The van der Waals surface area contributed by atoms with E-state index in [4.69, 9.17) is 10.5 Å². The average molecular weight is 338 g/mol. The summed E-state index contributed by atoms with van der Waals surface area (Å²) in [4.78, 5) is 24.0. The van der Waals surface area contributed by atoms with Crippen molar-refractivity contribution < 1.29 is 23.1 Å². The molecule has 1 aromatic carbocycles. The summed E-state index contributed by atoms with van der Waals surface area (Å²) in [7, 11) is 0. The zero-order valence-electron chi connectivity index (χ0n) is 13.2. The van der Waals surface area contributed by atoms with Crippen LogP contribution in [-0.4, -0.2) is 31.6 Å². The number of primary amides is 1. The van der Waals surface area contributed by atoms with Crippen LogP contribution in [0.25, 0.3) is 0 Å². The number of ether oxygens (including phenoxy) is 1. The third kappa shape index (κ3) is 3.26. The number of hydrogen-bond acceptors (Lipinski definition) is 3. The Labute approximate surface area is 138 Å². The second-order valence-electron chi connectivity index (χ2n) is 6.59. The molecule has 0 spiro atoms. The molecule has 1 saturated carbocycles. The summed E-state index contributed by atoms with van der Waals surface area (Å²) in [6, 6.07) is 3.26. The predicted octanol–water partition coefficient (Wildman–Crippen LogP) is 1.47. The molecule has 3 rings (SSSR count). The fourth-order valence-corrected chi connectivity index (χ4v) is 3.29. The van der Waals surface area contributed by atoms with E-state index in [-0.39, 0.29) is 23.9 Å². The lowest BCUT2D eigenvalue weighted by molar-refractivity contribution is -0.134. The summed E-state index contributed by atoms with van der Waals surface area (Å²) in [5, 5.41) is 2.76. The van der Waals surface area contributed by atoms with Gasteiger partial charge in [0.1, 0.15) is 11.6 Å². The number of carbonyl (C=O) groups is 2. The van der Waals surface area contributed by atoms with Gasteiger partial charge in [-0.25, -0.2) is 8.78 Å². The SMILES string of the molecule is NC(=O)C1(CNC(=O)[C@H]2C[C@H]2c2cc(F)ccc2F)CCOCC1. The zero-order valence-corrected chi connectivity index (χ0v) is 13.2. The predicted molar refractivity (Wildman–Crippen MR) is 81.9 cm³/mol. The van der Waals surface area contributed by atoms with Crippen molar-refractivity contribution >= 4 is 11.8 Å². The Kier molecular flexibility index (Phi) is 4.54. The maximum absolute atomic E-state index is 13.8. The fourth-order valence-electron chi connectivity index (χ4n) is 3.29. The number of carbonyl (C=O) groups excluding carboxylic acids is 2. The molecular weight excluding hydrogens is 318 g/mol. The second kappa shape index (κ2) is 6.47. The summed E-state index contributed by atoms with van der Waals surface area (Å²) < 4.78 is 32.3. The Morgan fingerprint density at radius 3 is 2.67 bits per heavy atom. The first-order valence-corrected chi connectivity index (χ1v) is 8.03. The van der Waals surface area contributed by atoms with Crippen LogP contribution in [0.1, 0.15) is 30.7 Å². The summed E-state index contributed by atoms with van der Waals surface area (Å²) in [6.07, 6.45) is 1.41. The van der Waals surface area contributed by atoms with Gasteiger partial charge in [0.05, 0.1) is 5.41 Å². The highest BCUT2D eigenvalue weighted by Gasteiger charge is 2.46. The molecule has 5 nitrogen and oxygen atoms in total. The van der Waals surface area contributed by atoms with Crippen LogP contribution < -0.4 is 11.1 Å². The van der Waals surface area contributed by atoms with Crippen molar-refractivity contribution in [1.82, 2.24) is 5.32 Å². The second-order valence-corrected chi connectivity index (χ2v) is 6.59. The van der Waals surface area contributed by atoms with Gasteiger partial charge in [0.25, 0.3) is 0 Å². The molecule has 130 valence electrons. The number of rotatable bonds is 5. The monoisotopic (exact) mass is 338 g/mol. The summed E-state index contributed by atoms with van der Waals surface area (Å²) in [5.41, 5.74) is 4.94. The van der Waals surface area contributed by atoms with Gasteiger partial charge >= 0.3 is 0 Å². The number of hydrogen-bond donors (Lipinski definition) is 2. The topological polar surface area (TPSA) is 81.4 Å². The molecular formula is C17H20F2N2O3. The first-order valence-electron chi connectivity index (χ1n) is 8.03. The summed E-state index contributed by atoms with van der Waals surface area (Å²) in [5.74, 6) is -2.45. The molecule has 0 aromatic heterocycles. The molecule has 0 bridgehead atoms. The first-order chi connectivity index (χ1) is 11.4. The van der Waals surface area contributed by atoms with E-state index in [2.05, 4.69) is 5.32 Å². The number of benzene rings is 1. The van der Waals surface area contributed by atoms with Crippen LogP contribution in [0.5, 0.6) is 0 Å². The summed E-state index contributed by atoms with van der Waals surface area (Å²) in [6.45, 7) is 1.01. The van der Waals surface area contributed by atoms with Crippen molar-refractivity contribution in [2.45, 2.75) is 25.2 Å². The van der Waals surface area contributed by atoms with Gasteiger partial charge in [-0.1, -0.05) is 0 Å². The van der Waals surface area contributed by atoms with Crippen molar-refractivity contribution in [2.75, 3.05) is 19.8 Å². The molecule has 1 aliphatic carbocycles. The molecule has 1 heterocycles. The maximum atomic E-state index is 13.8. The maximum Gasteiger partial charge on any atom is 0.225 e. The highest BCUT2D eigenvalue weighted by atomic mass is 19.1. The minimum absolute atomic E-state index is 0.152. The molecule has 2 amide bonds. The quantitative estimate of drug-likeness (QED) is 0.853. The lowest BCUT2D eigenvalue weighted by atomic mass is 9.79. The molecule has 3 N–H and O–H groups in total. The zero-order chi connectivity index (χ0) is 17.3. The van der Waals surface area contributed by atoms with E-state index >= 15 is 0 Å². The molecule has 0 unspecified atom stereocenters. The van der Waals surface area contributed by atoms with Gasteiger partial charge in [0.2, 0.25) is 11.8 Å². The van der Waals surface area contributed by atoms with E-state index in [1.165, 1.54) is 0 Å². The third-order valence-electron chi connectivity index (χ3n) is 5.06. The third-order valence-corrected chi connectivity index (χ3v) is 5.06. The first kappa shape index (κ1) is 16.8. The molecule has 0 radical (unpaired) electrons. The van der Waals surface area contributed by atoms with Crippen molar-refractivity contribution in [3.05, 3.63) is 35.4 Å². The van der Waals surface area contributed by atoms with E-state index < -0.39 is 28.9 Å². The van der Waals surface area contributed by atoms with Gasteiger partial charge in [-0.2, -0.15) is 0 Å². The van der Waals surface area contributed by atoms with E-state index in [0.29, 0.717) is 32.5 Å². The van der Waals surface area contributed by atoms with Gasteiger partial charge in [-0.15, -0.1) is 0 Å². The van der Waals surface area contributed by atoms with E-state index in [0.717, 1.165) is 18.2 Å². The normalized spacial score (nSPS) is 25.1. The van der Waals surface area contributed by atoms with Crippen LogP contribution >= 0.6 is 0 Å². The molecule has 1 saturated heterocycles. The Bertz CT molecular complexity index is 659. The lowest BCUT2D eigenvalue weighted by Crippen LogP contribution is -2.49. The minimum atomic E-state index is -0.789.